The van der Waals surface area contributed by atoms with E-state index < -0.39 is 0 Å². The van der Waals surface area contributed by atoms with Crippen LogP contribution >= 0.6 is 11.3 Å². The van der Waals surface area contributed by atoms with Gasteiger partial charge >= 0.3 is 6.03 Å². The number of anilines is 2. The van der Waals surface area contributed by atoms with E-state index >= 15 is 0 Å². The van der Waals surface area contributed by atoms with E-state index in [1.165, 1.54) is 5.56 Å². The molecular formula is C25H37N7OS. The zero-order valence-electron chi connectivity index (χ0n) is 21.4. The molecule has 2 amide bonds. The van der Waals surface area contributed by atoms with Crippen LogP contribution in [0.5, 0.6) is 0 Å². The Hall–Kier alpha value is -2.81. The second-order valence-electron chi connectivity index (χ2n) is 11.0. The Morgan fingerprint density at radius 2 is 1.65 bits per heavy atom. The van der Waals surface area contributed by atoms with Crippen LogP contribution in [-0.4, -0.2) is 62.8 Å². The number of aromatic nitrogens is 3. The fourth-order valence-electron chi connectivity index (χ4n) is 3.93. The van der Waals surface area contributed by atoms with E-state index in [1.54, 1.807) is 11.3 Å². The van der Waals surface area contributed by atoms with E-state index in [4.69, 9.17) is 10.1 Å². The topological polar surface area (TPSA) is 77.8 Å². The van der Waals surface area contributed by atoms with Gasteiger partial charge in [0.05, 0.1) is 0 Å². The average molecular weight is 484 g/mol. The average Bonchev–Trinajstić information content (AvgIpc) is 3.31. The SMILES string of the molecule is CCc1ccc(-c2nc3sc(N4CCN(C(=O)NC(C)(C)C)CC4)nn3c2NC(C)(C)C)cc1. The molecule has 4 rings (SSSR count). The van der Waals surface area contributed by atoms with Crippen LogP contribution in [-0.2, 0) is 6.42 Å². The van der Waals surface area contributed by atoms with E-state index in [-0.39, 0.29) is 17.1 Å². The molecule has 2 aromatic heterocycles. The number of aryl methyl sites for hydroxylation is 1. The van der Waals surface area contributed by atoms with Gasteiger partial charge < -0.3 is 20.4 Å². The van der Waals surface area contributed by atoms with Crippen LogP contribution in [0.4, 0.5) is 15.7 Å². The molecule has 0 radical (unpaired) electrons. The van der Waals surface area contributed by atoms with Crippen molar-refractivity contribution in [2.24, 2.45) is 0 Å². The number of piperazine rings is 1. The molecule has 184 valence electrons. The lowest BCUT2D eigenvalue weighted by Gasteiger charge is -2.36. The zero-order chi connectivity index (χ0) is 24.7. The van der Waals surface area contributed by atoms with Crippen molar-refractivity contribution in [2.45, 2.75) is 66.0 Å². The van der Waals surface area contributed by atoms with Gasteiger partial charge in [0.1, 0.15) is 5.69 Å². The second-order valence-corrected chi connectivity index (χ2v) is 11.9. The van der Waals surface area contributed by atoms with Crippen molar-refractivity contribution in [3.63, 3.8) is 0 Å². The number of hydrogen-bond acceptors (Lipinski definition) is 6. The fraction of sp³-hybridized carbons (Fsp3) is 0.560. The first-order valence-corrected chi connectivity index (χ1v) is 12.8. The monoisotopic (exact) mass is 483 g/mol. The third-order valence-electron chi connectivity index (χ3n) is 5.64. The largest absolute Gasteiger partial charge is 0.364 e. The number of urea groups is 1. The van der Waals surface area contributed by atoms with Gasteiger partial charge in [-0.05, 0) is 53.5 Å². The summed E-state index contributed by atoms with van der Waals surface area (Å²) in [5.41, 5.74) is 2.95. The van der Waals surface area contributed by atoms with Gasteiger partial charge in [-0.25, -0.2) is 9.78 Å². The lowest BCUT2D eigenvalue weighted by atomic mass is 10.1. The van der Waals surface area contributed by atoms with E-state index in [1.807, 2.05) is 30.2 Å². The van der Waals surface area contributed by atoms with Crippen LogP contribution in [0.2, 0.25) is 0 Å². The van der Waals surface area contributed by atoms with Gasteiger partial charge in [0.2, 0.25) is 10.1 Å². The number of benzene rings is 1. The molecule has 2 N–H and O–H groups in total. The summed E-state index contributed by atoms with van der Waals surface area (Å²) in [5.74, 6) is 0.914. The molecule has 1 aliphatic rings. The number of carbonyl (C=O) groups is 1. The third-order valence-corrected chi connectivity index (χ3v) is 6.61. The molecule has 3 heterocycles. The molecule has 0 saturated carbocycles. The molecule has 1 aromatic carbocycles. The normalized spacial score (nSPS) is 15.1. The molecule has 8 nitrogen and oxygen atoms in total. The lowest BCUT2D eigenvalue weighted by Crippen LogP contribution is -2.55. The Morgan fingerprint density at radius 1 is 1.00 bits per heavy atom. The van der Waals surface area contributed by atoms with Crippen LogP contribution in [0.1, 0.15) is 54.0 Å². The molecule has 0 aliphatic carbocycles. The number of imidazole rings is 1. The van der Waals surface area contributed by atoms with Crippen molar-refractivity contribution in [2.75, 3.05) is 36.4 Å². The zero-order valence-corrected chi connectivity index (χ0v) is 22.2. The summed E-state index contributed by atoms with van der Waals surface area (Å²) in [6, 6.07) is 8.61. The van der Waals surface area contributed by atoms with Gasteiger partial charge in [0.15, 0.2) is 5.82 Å². The van der Waals surface area contributed by atoms with E-state index in [9.17, 15) is 4.79 Å². The van der Waals surface area contributed by atoms with Crippen LogP contribution < -0.4 is 15.5 Å². The summed E-state index contributed by atoms with van der Waals surface area (Å²) in [6.45, 7) is 17.5. The molecule has 1 fully saturated rings. The Labute approximate surface area is 206 Å². The Bertz CT molecular complexity index is 1140. The number of rotatable bonds is 4. The van der Waals surface area contributed by atoms with Crippen LogP contribution in [0.3, 0.4) is 0 Å². The van der Waals surface area contributed by atoms with Crippen LogP contribution in [0, 0.1) is 0 Å². The Kier molecular flexibility index (Phi) is 6.50. The summed E-state index contributed by atoms with van der Waals surface area (Å²) in [7, 11) is 0. The van der Waals surface area contributed by atoms with Gasteiger partial charge in [0, 0.05) is 42.8 Å². The summed E-state index contributed by atoms with van der Waals surface area (Å²) in [4.78, 5) is 22.5. The molecule has 0 atom stereocenters. The standard InChI is InChI=1S/C25H37N7OS/c1-8-17-9-11-18(12-10-17)19-20(27-24(2,3)4)32-22(26-19)34-23(29-32)31-15-13-30(14-16-31)21(33)28-25(5,6)7/h9-12,27H,8,13-16H2,1-7H3,(H,28,33). The van der Waals surface area contributed by atoms with Crippen molar-refractivity contribution in [1.29, 1.82) is 0 Å². The second kappa shape index (κ2) is 9.09. The predicted octanol–water partition coefficient (Wildman–Crippen LogP) is 4.86. The first kappa shape index (κ1) is 24.3. The number of carbonyl (C=O) groups excluding carboxylic acids is 1. The van der Waals surface area contributed by atoms with E-state index in [0.717, 1.165) is 46.7 Å². The lowest BCUT2D eigenvalue weighted by molar-refractivity contribution is 0.185. The summed E-state index contributed by atoms with van der Waals surface area (Å²) in [6.07, 6.45) is 1.02. The molecule has 0 unspecified atom stereocenters. The molecule has 9 heteroatoms. The highest BCUT2D eigenvalue weighted by molar-refractivity contribution is 7.20. The predicted molar refractivity (Wildman–Crippen MR) is 141 cm³/mol. The van der Waals surface area contributed by atoms with Gasteiger partial charge in [0.25, 0.3) is 0 Å². The minimum absolute atomic E-state index is 0.00325. The van der Waals surface area contributed by atoms with Crippen LogP contribution in [0.15, 0.2) is 24.3 Å². The molecule has 1 aliphatic heterocycles. The molecule has 34 heavy (non-hydrogen) atoms. The minimum atomic E-state index is -0.236. The molecule has 0 spiro atoms. The highest BCUT2D eigenvalue weighted by Crippen LogP contribution is 2.35. The van der Waals surface area contributed by atoms with Crippen molar-refractivity contribution in [1.82, 2.24) is 24.8 Å². The first-order chi connectivity index (χ1) is 15.9. The number of nitrogens with zero attached hydrogens (tertiary/aromatic N) is 5. The maximum atomic E-state index is 12.5. The first-order valence-electron chi connectivity index (χ1n) is 12.0. The van der Waals surface area contributed by atoms with Gasteiger partial charge in [-0.2, -0.15) is 4.52 Å². The molecular weight excluding hydrogens is 446 g/mol. The Morgan fingerprint density at radius 3 is 2.21 bits per heavy atom. The molecule has 0 bridgehead atoms. The van der Waals surface area contributed by atoms with Crippen LogP contribution in [0.25, 0.3) is 16.2 Å². The summed E-state index contributed by atoms with van der Waals surface area (Å²) >= 11 is 1.59. The van der Waals surface area contributed by atoms with Crippen molar-refractivity contribution in [3.05, 3.63) is 29.8 Å². The van der Waals surface area contributed by atoms with E-state index in [2.05, 4.69) is 67.5 Å². The maximum absolute atomic E-state index is 12.5. The summed E-state index contributed by atoms with van der Waals surface area (Å²) < 4.78 is 1.94. The van der Waals surface area contributed by atoms with E-state index in [0.29, 0.717) is 13.1 Å². The van der Waals surface area contributed by atoms with Gasteiger partial charge in [-0.3, -0.25) is 0 Å². The highest BCUT2D eigenvalue weighted by Gasteiger charge is 2.27. The van der Waals surface area contributed by atoms with Gasteiger partial charge in [-0.15, -0.1) is 5.10 Å². The third kappa shape index (κ3) is 5.46. The van der Waals surface area contributed by atoms with Crippen molar-refractivity contribution < 1.29 is 4.79 Å². The number of hydrogen-bond donors (Lipinski definition) is 2. The summed E-state index contributed by atoms with van der Waals surface area (Å²) in [5, 5.41) is 12.6. The minimum Gasteiger partial charge on any atom is -0.364 e. The quantitative estimate of drug-likeness (QED) is 0.554. The Balaban J connectivity index is 1.57. The number of nitrogens with one attached hydrogen (secondary N) is 2. The highest BCUT2D eigenvalue weighted by atomic mass is 32.1. The van der Waals surface area contributed by atoms with Gasteiger partial charge in [-0.1, -0.05) is 42.5 Å². The van der Waals surface area contributed by atoms with Crippen molar-refractivity contribution in [3.8, 4) is 11.3 Å². The molecule has 1 saturated heterocycles. The number of fused-ring (bicyclic) bond motifs is 1. The number of amides is 2. The smallest absolute Gasteiger partial charge is 0.317 e. The van der Waals surface area contributed by atoms with Crippen molar-refractivity contribution >= 4 is 33.3 Å². The molecule has 3 aromatic rings. The fourth-order valence-corrected chi connectivity index (χ4v) is 4.89. The maximum Gasteiger partial charge on any atom is 0.317 e.